The molecule has 1 aromatic carbocycles. The highest BCUT2D eigenvalue weighted by Crippen LogP contribution is 2.37. The van der Waals surface area contributed by atoms with Gasteiger partial charge in [0.2, 0.25) is 5.91 Å². The van der Waals surface area contributed by atoms with Crippen LogP contribution in [0.2, 0.25) is 0 Å². The fourth-order valence-electron chi connectivity index (χ4n) is 4.04. The number of benzene rings is 1. The van der Waals surface area contributed by atoms with Crippen LogP contribution in [-0.4, -0.2) is 42.2 Å². The standard InChI is InChI=1S/C19H27NO3/c1-12-10-18(21)14(3)17-11-15(4-5-16(12)17)13(2)19(22)20-6-8-23-9-7-20/h10,13,15,21H,4-9,11H2,1-3H3/t13-,15-/m1/s1. The average Bonchev–Trinajstić information content (AvgIpc) is 2.59. The van der Waals surface area contributed by atoms with Crippen molar-refractivity contribution in [3.8, 4) is 5.75 Å². The summed E-state index contributed by atoms with van der Waals surface area (Å²) in [5.41, 5.74) is 4.80. The number of phenolic OH excluding ortho intramolecular Hbond substituents is 1. The van der Waals surface area contributed by atoms with E-state index in [1.807, 2.05) is 17.9 Å². The SMILES string of the molecule is Cc1cc(O)c(C)c2c1CC[C@@H]([C@@H](C)C(=O)N1CCOCC1)C2. The van der Waals surface area contributed by atoms with Gasteiger partial charge in [-0.1, -0.05) is 6.92 Å². The highest BCUT2D eigenvalue weighted by Gasteiger charge is 2.32. The van der Waals surface area contributed by atoms with Crippen molar-refractivity contribution >= 4 is 5.91 Å². The Morgan fingerprint density at radius 3 is 2.70 bits per heavy atom. The van der Waals surface area contributed by atoms with Gasteiger partial charge in [0, 0.05) is 19.0 Å². The van der Waals surface area contributed by atoms with Gasteiger partial charge in [-0.25, -0.2) is 0 Å². The van der Waals surface area contributed by atoms with E-state index in [9.17, 15) is 9.90 Å². The second-order valence-corrected chi connectivity index (χ2v) is 7.02. The second-order valence-electron chi connectivity index (χ2n) is 7.02. The molecule has 23 heavy (non-hydrogen) atoms. The van der Waals surface area contributed by atoms with Crippen molar-refractivity contribution in [1.82, 2.24) is 4.90 Å². The van der Waals surface area contributed by atoms with Crippen molar-refractivity contribution in [2.24, 2.45) is 11.8 Å². The first-order chi connectivity index (χ1) is 11.0. The summed E-state index contributed by atoms with van der Waals surface area (Å²) in [6, 6.07) is 1.87. The summed E-state index contributed by atoms with van der Waals surface area (Å²) in [6.45, 7) is 8.86. The van der Waals surface area contributed by atoms with Crippen LogP contribution in [0.5, 0.6) is 5.75 Å². The highest BCUT2D eigenvalue weighted by molar-refractivity contribution is 5.79. The molecule has 0 aromatic heterocycles. The van der Waals surface area contributed by atoms with Crippen LogP contribution in [0.25, 0.3) is 0 Å². The Morgan fingerprint density at radius 2 is 2.00 bits per heavy atom. The van der Waals surface area contributed by atoms with Gasteiger partial charge in [0.25, 0.3) is 0 Å². The number of aryl methyl sites for hydroxylation is 1. The Morgan fingerprint density at radius 1 is 1.30 bits per heavy atom. The first-order valence-electron chi connectivity index (χ1n) is 8.66. The summed E-state index contributed by atoms with van der Waals surface area (Å²) >= 11 is 0. The summed E-state index contributed by atoms with van der Waals surface area (Å²) < 4.78 is 5.34. The molecule has 1 amide bonds. The smallest absolute Gasteiger partial charge is 0.225 e. The summed E-state index contributed by atoms with van der Waals surface area (Å²) in [5.74, 6) is 1.03. The Balaban J connectivity index is 1.77. The van der Waals surface area contributed by atoms with E-state index >= 15 is 0 Å². The highest BCUT2D eigenvalue weighted by atomic mass is 16.5. The Kier molecular flexibility index (Phi) is 4.62. The number of morpholine rings is 1. The van der Waals surface area contributed by atoms with E-state index in [1.165, 1.54) is 16.7 Å². The fraction of sp³-hybridized carbons (Fsp3) is 0.632. The van der Waals surface area contributed by atoms with Gasteiger partial charge in [0.05, 0.1) is 13.2 Å². The molecule has 0 spiro atoms. The third kappa shape index (κ3) is 3.09. The molecule has 1 aliphatic carbocycles. The largest absolute Gasteiger partial charge is 0.508 e. The summed E-state index contributed by atoms with van der Waals surface area (Å²) in [6.07, 6.45) is 2.95. The lowest BCUT2D eigenvalue weighted by molar-refractivity contribution is -0.141. The molecule has 0 saturated carbocycles. The van der Waals surface area contributed by atoms with Crippen molar-refractivity contribution in [2.45, 2.75) is 40.0 Å². The van der Waals surface area contributed by atoms with Crippen LogP contribution < -0.4 is 0 Å². The minimum Gasteiger partial charge on any atom is -0.508 e. The van der Waals surface area contributed by atoms with Gasteiger partial charge >= 0.3 is 0 Å². The quantitative estimate of drug-likeness (QED) is 0.912. The number of nitrogens with zero attached hydrogens (tertiary/aromatic N) is 1. The first-order valence-corrected chi connectivity index (χ1v) is 8.66. The fourth-order valence-corrected chi connectivity index (χ4v) is 4.04. The van der Waals surface area contributed by atoms with Gasteiger partial charge in [-0.2, -0.15) is 0 Å². The zero-order chi connectivity index (χ0) is 16.6. The molecule has 2 aliphatic rings. The first kappa shape index (κ1) is 16.3. The minimum atomic E-state index is 0.0308. The molecule has 1 heterocycles. The molecule has 1 aliphatic heterocycles. The molecule has 1 saturated heterocycles. The lowest BCUT2D eigenvalue weighted by Crippen LogP contribution is -2.45. The minimum absolute atomic E-state index is 0.0308. The Hall–Kier alpha value is -1.55. The third-order valence-electron chi connectivity index (χ3n) is 5.68. The van der Waals surface area contributed by atoms with E-state index < -0.39 is 0 Å². The Bertz CT molecular complexity index is 605. The topological polar surface area (TPSA) is 49.8 Å². The van der Waals surface area contributed by atoms with Crippen LogP contribution in [0.4, 0.5) is 0 Å². The molecule has 0 bridgehead atoms. The monoisotopic (exact) mass is 317 g/mol. The van der Waals surface area contributed by atoms with Crippen LogP contribution in [0.15, 0.2) is 6.07 Å². The van der Waals surface area contributed by atoms with Gasteiger partial charge in [-0.15, -0.1) is 0 Å². The van der Waals surface area contributed by atoms with Crippen molar-refractivity contribution in [1.29, 1.82) is 0 Å². The van der Waals surface area contributed by atoms with Crippen molar-refractivity contribution < 1.29 is 14.6 Å². The van der Waals surface area contributed by atoms with Gasteiger partial charge in [-0.3, -0.25) is 4.79 Å². The van der Waals surface area contributed by atoms with E-state index in [2.05, 4.69) is 13.8 Å². The number of carbonyl (C=O) groups excluding carboxylic acids is 1. The molecule has 4 nitrogen and oxygen atoms in total. The van der Waals surface area contributed by atoms with E-state index in [4.69, 9.17) is 4.74 Å². The van der Waals surface area contributed by atoms with Crippen molar-refractivity contribution in [3.05, 3.63) is 28.3 Å². The third-order valence-corrected chi connectivity index (χ3v) is 5.68. The van der Waals surface area contributed by atoms with Crippen LogP contribution in [0.3, 0.4) is 0 Å². The molecular weight excluding hydrogens is 290 g/mol. The number of rotatable bonds is 2. The van der Waals surface area contributed by atoms with Crippen LogP contribution in [-0.2, 0) is 22.4 Å². The van der Waals surface area contributed by atoms with Crippen molar-refractivity contribution in [2.75, 3.05) is 26.3 Å². The van der Waals surface area contributed by atoms with Gasteiger partial charge in [0.1, 0.15) is 5.75 Å². The predicted octanol–water partition coefficient (Wildman–Crippen LogP) is 2.61. The molecule has 0 unspecified atom stereocenters. The average molecular weight is 317 g/mol. The molecule has 0 radical (unpaired) electrons. The molecule has 2 atom stereocenters. The number of ether oxygens (including phenoxy) is 1. The maximum atomic E-state index is 12.7. The van der Waals surface area contributed by atoms with Crippen molar-refractivity contribution in [3.63, 3.8) is 0 Å². The van der Waals surface area contributed by atoms with E-state index in [0.29, 0.717) is 38.0 Å². The molecule has 3 rings (SSSR count). The zero-order valence-electron chi connectivity index (χ0n) is 14.4. The van der Waals surface area contributed by atoms with Gasteiger partial charge in [-0.05, 0) is 67.3 Å². The molecule has 1 fully saturated rings. The number of phenols is 1. The number of hydrogen-bond donors (Lipinski definition) is 1. The molecule has 1 N–H and O–H groups in total. The lowest BCUT2D eigenvalue weighted by atomic mass is 9.74. The van der Waals surface area contributed by atoms with E-state index in [1.54, 1.807) is 0 Å². The summed E-state index contributed by atoms with van der Waals surface area (Å²) in [7, 11) is 0. The van der Waals surface area contributed by atoms with E-state index in [-0.39, 0.29) is 11.8 Å². The van der Waals surface area contributed by atoms with Gasteiger partial charge < -0.3 is 14.7 Å². The predicted molar refractivity (Wildman–Crippen MR) is 89.7 cm³/mol. The maximum Gasteiger partial charge on any atom is 0.225 e. The maximum absolute atomic E-state index is 12.7. The van der Waals surface area contributed by atoms with Gasteiger partial charge in [0.15, 0.2) is 0 Å². The van der Waals surface area contributed by atoms with Crippen LogP contribution >= 0.6 is 0 Å². The molecular formula is C19H27NO3. The van der Waals surface area contributed by atoms with Crippen LogP contribution in [0.1, 0.15) is 35.6 Å². The zero-order valence-corrected chi connectivity index (χ0v) is 14.4. The molecule has 4 heteroatoms. The number of fused-ring (bicyclic) bond motifs is 1. The number of hydrogen-bond acceptors (Lipinski definition) is 3. The normalized spacial score (nSPS) is 22.6. The summed E-state index contributed by atoms with van der Waals surface area (Å²) in [5, 5.41) is 10.1. The molecule has 1 aromatic rings. The summed E-state index contributed by atoms with van der Waals surface area (Å²) in [4.78, 5) is 14.7. The van der Waals surface area contributed by atoms with Crippen LogP contribution in [0, 0.1) is 25.7 Å². The number of amides is 1. The number of aromatic hydroxyl groups is 1. The Labute approximate surface area is 138 Å². The molecule has 126 valence electrons. The number of carbonyl (C=O) groups is 1. The van der Waals surface area contributed by atoms with E-state index in [0.717, 1.165) is 24.8 Å². The second kappa shape index (κ2) is 6.52. The lowest BCUT2D eigenvalue weighted by Gasteiger charge is -2.35.